The van der Waals surface area contributed by atoms with Gasteiger partial charge in [0.05, 0.1) is 22.1 Å². The zero-order chi connectivity index (χ0) is 59.5. The average Bonchev–Trinajstić information content (AvgIpc) is 1.71. The standard InChI is InChI=1S/C78H77B2N3O2/c1-73(2,3)42-24-26-59-49(28-42)53-30-44(75(7,8)9)32-57-71(53)82(59)63-34-46(77(13,14)15)36-67-69(63)79(57)55-38-51-52-39-56-66(41-62(52)81(48-22-20-19-21-23-48)61(51)40-65(55)84-67)85-68-37-47(78(16,17)18)35-64-70(68)80(56)58-33-45(76(10,11)12)31-54-50-29-43(74(4,5)6)25-27-60(50)83(64)72(54)58/h19-41H,1-18H3. The van der Waals surface area contributed by atoms with Gasteiger partial charge < -0.3 is 23.2 Å². The Morgan fingerprint density at radius 3 is 1.01 bits per heavy atom. The number of hydrogen-bond acceptors (Lipinski definition) is 2. The molecule has 7 heteroatoms. The van der Waals surface area contributed by atoms with Crippen LogP contribution in [0.15, 0.2) is 140 Å². The Kier molecular flexibility index (Phi) is 10.2. The van der Waals surface area contributed by atoms with E-state index in [1.165, 1.54) is 132 Å². The van der Waals surface area contributed by atoms with Crippen LogP contribution in [0.3, 0.4) is 0 Å². The number of ether oxygens (including phenoxy) is 2. The average molecular weight is 1110 g/mol. The summed E-state index contributed by atoms with van der Waals surface area (Å²) in [6, 6.07) is 55.0. The van der Waals surface area contributed by atoms with Crippen molar-refractivity contribution in [3.05, 3.63) is 173 Å². The van der Waals surface area contributed by atoms with E-state index in [9.17, 15) is 0 Å². The van der Waals surface area contributed by atoms with Gasteiger partial charge in [-0.25, -0.2) is 0 Å². The number of benzene rings is 9. The summed E-state index contributed by atoms with van der Waals surface area (Å²) in [6.45, 7) is 42.0. The molecule has 12 aromatic rings. The highest BCUT2D eigenvalue weighted by Crippen LogP contribution is 2.47. The Morgan fingerprint density at radius 1 is 0.282 bits per heavy atom. The molecule has 0 saturated heterocycles. The summed E-state index contributed by atoms with van der Waals surface area (Å²) in [5, 5.41) is 7.65. The van der Waals surface area contributed by atoms with Gasteiger partial charge in [0.2, 0.25) is 0 Å². The van der Waals surface area contributed by atoms with Gasteiger partial charge in [-0.05, 0) is 171 Å². The second-order valence-electron chi connectivity index (χ2n) is 31.9. The third-order valence-electron chi connectivity index (χ3n) is 20.0. The molecule has 0 fully saturated rings. The molecule has 0 N–H and O–H groups in total. The third-order valence-corrected chi connectivity index (χ3v) is 20.0. The molecule has 0 atom stereocenters. The molecule has 0 radical (unpaired) electrons. The molecule has 5 nitrogen and oxygen atoms in total. The van der Waals surface area contributed by atoms with Crippen molar-refractivity contribution in [2.45, 2.75) is 157 Å². The van der Waals surface area contributed by atoms with Crippen LogP contribution in [0.2, 0.25) is 0 Å². The van der Waals surface area contributed by atoms with Gasteiger partial charge in [-0.1, -0.05) is 179 Å². The van der Waals surface area contributed by atoms with E-state index < -0.39 is 0 Å². The fraction of sp³-hybridized carbons (Fsp3) is 0.308. The van der Waals surface area contributed by atoms with Crippen LogP contribution < -0.4 is 42.3 Å². The molecule has 0 aliphatic carbocycles. The zero-order valence-corrected chi connectivity index (χ0v) is 53.1. The normalized spacial score (nSPS) is 14.6. The minimum atomic E-state index is -0.132. The number of para-hydroxylation sites is 1. The van der Waals surface area contributed by atoms with Crippen LogP contribution in [0.1, 0.15) is 158 Å². The van der Waals surface area contributed by atoms with Gasteiger partial charge >= 0.3 is 0 Å². The summed E-state index contributed by atoms with van der Waals surface area (Å²) in [7, 11) is 0. The summed E-state index contributed by atoms with van der Waals surface area (Å²) in [5.74, 6) is 3.68. The lowest BCUT2D eigenvalue weighted by Gasteiger charge is -2.36. The summed E-state index contributed by atoms with van der Waals surface area (Å²) in [5.41, 5.74) is 25.8. The number of nitrogens with zero attached hydrogens (tertiary/aromatic N) is 3. The van der Waals surface area contributed by atoms with Crippen molar-refractivity contribution in [3.63, 3.8) is 0 Å². The van der Waals surface area contributed by atoms with E-state index >= 15 is 0 Å². The van der Waals surface area contributed by atoms with Gasteiger partial charge in [0.1, 0.15) is 23.0 Å². The van der Waals surface area contributed by atoms with E-state index in [0.29, 0.717) is 0 Å². The SMILES string of the molecule is CC(C)(C)c1cc2c3c(c1)-n1c4ccc(C(C)(C)C)cc4c4cc(C(C)(C)C)cc(c41)B3c1cc3c4cc5c(cc4n(-c4ccccc4)c3cc1O2)Oc1cc(C(C)(C)C)cc2c1B5c1cc(C(C)(C)C)cc3c4cc(C(C)(C)C)ccc4n-2c13. The number of fused-ring (bicyclic) bond motifs is 17. The van der Waals surface area contributed by atoms with Crippen LogP contribution >= 0.6 is 0 Å². The van der Waals surface area contributed by atoms with Crippen LogP contribution in [0, 0.1) is 0 Å². The first-order valence-electron chi connectivity index (χ1n) is 31.1. The lowest BCUT2D eigenvalue weighted by atomic mass is 9.34. The number of rotatable bonds is 1. The largest absolute Gasteiger partial charge is 0.458 e. The fourth-order valence-electron chi connectivity index (χ4n) is 15.1. The molecule has 9 aromatic carbocycles. The highest BCUT2D eigenvalue weighted by Gasteiger charge is 2.46. The Bertz CT molecular complexity index is 4710. The molecule has 0 spiro atoms. The minimum Gasteiger partial charge on any atom is -0.458 e. The van der Waals surface area contributed by atoms with Crippen molar-refractivity contribution in [1.29, 1.82) is 0 Å². The second-order valence-corrected chi connectivity index (χ2v) is 31.9. The quantitative estimate of drug-likeness (QED) is 0.154. The Hall–Kier alpha value is -7.89. The highest BCUT2D eigenvalue weighted by atomic mass is 16.5. The maximum Gasteiger partial charge on any atom is 0.256 e. The van der Waals surface area contributed by atoms with Gasteiger partial charge in [0.25, 0.3) is 13.4 Å². The van der Waals surface area contributed by atoms with Crippen molar-refractivity contribution in [2.24, 2.45) is 0 Å². The van der Waals surface area contributed by atoms with E-state index in [1.807, 2.05) is 0 Å². The molecule has 4 aliphatic rings. The number of hydrogen-bond donors (Lipinski definition) is 0. The third kappa shape index (κ3) is 7.37. The van der Waals surface area contributed by atoms with Crippen molar-refractivity contribution in [1.82, 2.24) is 13.7 Å². The first kappa shape index (κ1) is 52.6. The molecule has 4 aliphatic heterocycles. The topological polar surface area (TPSA) is 33.2 Å². The van der Waals surface area contributed by atoms with E-state index in [4.69, 9.17) is 9.47 Å². The molecule has 0 unspecified atom stereocenters. The minimum absolute atomic E-state index is 0.0106. The van der Waals surface area contributed by atoms with Crippen LogP contribution in [0.5, 0.6) is 23.0 Å². The molecule has 16 rings (SSSR count). The summed E-state index contributed by atoms with van der Waals surface area (Å²) < 4.78 is 22.8. The van der Waals surface area contributed by atoms with E-state index in [0.717, 1.165) is 39.7 Å². The van der Waals surface area contributed by atoms with Gasteiger partial charge in [-0.15, -0.1) is 0 Å². The summed E-state index contributed by atoms with van der Waals surface area (Å²) in [6.07, 6.45) is 0. The highest BCUT2D eigenvalue weighted by molar-refractivity contribution is 7.00. The van der Waals surface area contributed by atoms with Crippen molar-refractivity contribution in [2.75, 3.05) is 0 Å². The molecule has 85 heavy (non-hydrogen) atoms. The zero-order valence-electron chi connectivity index (χ0n) is 53.1. The van der Waals surface area contributed by atoms with Crippen molar-refractivity contribution >= 4 is 112 Å². The molecule has 0 saturated carbocycles. The first-order valence-corrected chi connectivity index (χ1v) is 31.1. The Balaban J connectivity index is 1.02. The van der Waals surface area contributed by atoms with Gasteiger partial charge in [-0.3, -0.25) is 0 Å². The van der Waals surface area contributed by atoms with Crippen LogP contribution in [0.4, 0.5) is 0 Å². The lowest BCUT2D eigenvalue weighted by Crippen LogP contribution is -2.59. The number of aromatic nitrogens is 3. The molecule has 422 valence electrons. The van der Waals surface area contributed by atoms with Gasteiger partial charge in [0.15, 0.2) is 0 Å². The molecule has 0 bridgehead atoms. The van der Waals surface area contributed by atoms with Gasteiger partial charge in [0, 0.05) is 72.5 Å². The predicted molar refractivity (Wildman–Crippen MR) is 364 cm³/mol. The maximum atomic E-state index is 7.55. The molecular weight excluding hydrogens is 1030 g/mol. The van der Waals surface area contributed by atoms with Crippen molar-refractivity contribution < 1.29 is 9.47 Å². The van der Waals surface area contributed by atoms with Gasteiger partial charge in [-0.2, -0.15) is 0 Å². The van der Waals surface area contributed by atoms with Crippen LogP contribution in [-0.4, -0.2) is 27.1 Å². The second kappa shape index (κ2) is 16.5. The first-order chi connectivity index (χ1) is 39.9. The predicted octanol–water partition coefficient (Wildman–Crippen LogP) is 16.6. The lowest BCUT2D eigenvalue weighted by molar-refractivity contribution is 0.483. The monoisotopic (exact) mass is 1110 g/mol. The van der Waals surface area contributed by atoms with E-state index in [2.05, 4.69) is 278 Å². The van der Waals surface area contributed by atoms with Crippen LogP contribution in [-0.2, 0) is 32.5 Å². The molecule has 0 amide bonds. The Morgan fingerprint density at radius 2 is 0.635 bits per heavy atom. The summed E-state index contributed by atoms with van der Waals surface area (Å²) >= 11 is 0. The fourth-order valence-corrected chi connectivity index (χ4v) is 15.1. The van der Waals surface area contributed by atoms with E-state index in [-0.39, 0.29) is 45.9 Å². The van der Waals surface area contributed by atoms with Crippen molar-refractivity contribution in [3.8, 4) is 40.1 Å². The molecule has 3 aromatic heterocycles. The maximum absolute atomic E-state index is 7.55. The van der Waals surface area contributed by atoms with E-state index in [1.54, 1.807) is 0 Å². The molecular formula is C78H77B2N3O2. The Labute approximate surface area is 502 Å². The smallest absolute Gasteiger partial charge is 0.256 e. The van der Waals surface area contributed by atoms with Crippen LogP contribution in [0.25, 0.3) is 82.5 Å². The summed E-state index contributed by atoms with van der Waals surface area (Å²) in [4.78, 5) is 0. The molecule has 7 heterocycles.